The lowest BCUT2D eigenvalue weighted by Crippen LogP contribution is -2.30. The lowest BCUT2D eigenvalue weighted by Gasteiger charge is -2.09. The van der Waals surface area contributed by atoms with Crippen molar-refractivity contribution in [2.75, 3.05) is 0 Å². The van der Waals surface area contributed by atoms with Crippen LogP contribution in [0.1, 0.15) is 12.0 Å². The van der Waals surface area contributed by atoms with E-state index in [0.29, 0.717) is 24.3 Å². The zero-order valence-electron chi connectivity index (χ0n) is 11.4. The maximum Gasteiger partial charge on any atom is 0.320 e. The highest BCUT2D eigenvalue weighted by molar-refractivity contribution is 5.73. The van der Waals surface area contributed by atoms with Crippen molar-refractivity contribution >= 4 is 5.97 Å². The quantitative estimate of drug-likeness (QED) is 0.759. The standard InChI is InChI=1S/C16H17NO4/c17-13(16(19)20)10-7-11-5-8-12(9-6-11)21-15-4-2-1-3-14(15)18/h1-6,8-9,13,18H,7,10,17H2,(H,19,20). The molecule has 2 aromatic carbocycles. The molecule has 5 nitrogen and oxygen atoms in total. The lowest BCUT2D eigenvalue weighted by molar-refractivity contribution is -0.138. The Kier molecular flexibility index (Phi) is 4.79. The SMILES string of the molecule is NC(CCc1ccc(Oc2ccccc2O)cc1)C(=O)O. The number of carbonyl (C=O) groups is 1. The third-order valence-corrected chi connectivity index (χ3v) is 3.08. The summed E-state index contributed by atoms with van der Waals surface area (Å²) in [7, 11) is 0. The molecule has 0 amide bonds. The number of aromatic hydroxyl groups is 1. The predicted molar refractivity (Wildman–Crippen MR) is 78.6 cm³/mol. The van der Waals surface area contributed by atoms with Gasteiger partial charge in [0.05, 0.1) is 0 Å². The largest absolute Gasteiger partial charge is 0.504 e. The zero-order chi connectivity index (χ0) is 15.2. The van der Waals surface area contributed by atoms with Crippen LogP contribution in [0.15, 0.2) is 48.5 Å². The molecule has 21 heavy (non-hydrogen) atoms. The number of nitrogens with two attached hydrogens (primary N) is 1. The molecule has 0 radical (unpaired) electrons. The van der Waals surface area contributed by atoms with Gasteiger partial charge < -0.3 is 20.7 Å². The molecule has 2 rings (SSSR count). The molecule has 0 fully saturated rings. The number of benzene rings is 2. The van der Waals surface area contributed by atoms with Crippen LogP contribution in [0.3, 0.4) is 0 Å². The number of hydrogen-bond acceptors (Lipinski definition) is 4. The number of carboxylic acid groups (broad SMARTS) is 1. The summed E-state index contributed by atoms with van der Waals surface area (Å²) in [5, 5.41) is 18.4. The van der Waals surface area contributed by atoms with Gasteiger partial charge in [-0.2, -0.15) is 0 Å². The van der Waals surface area contributed by atoms with Gasteiger partial charge in [-0.05, 0) is 42.7 Å². The van der Waals surface area contributed by atoms with Crippen molar-refractivity contribution in [2.45, 2.75) is 18.9 Å². The maximum absolute atomic E-state index is 10.6. The average molecular weight is 287 g/mol. The topological polar surface area (TPSA) is 92.8 Å². The van der Waals surface area contributed by atoms with E-state index in [4.69, 9.17) is 15.6 Å². The molecule has 0 saturated carbocycles. The number of aliphatic carboxylic acids is 1. The van der Waals surface area contributed by atoms with E-state index in [2.05, 4.69) is 0 Å². The van der Waals surface area contributed by atoms with Crippen molar-refractivity contribution in [3.63, 3.8) is 0 Å². The van der Waals surface area contributed by atoms with E-state index in [0.717, 1.165) is 5.56 Å². The highest BCUT2D eigenvalue weighted by Crippen LogP contribution is 2.29. The summed E-state index contributed by atoms with van der Waals surface area (Å²) >= 11 is 0. The summed E-state index contributed by atoms with van der Waals surface area (Å²) in [5.41, 5.74) is 6.44. The molecule has 1 unspecified atom stereocenters. The Labute approximate surface area is 122 Å². The Morgan fingerprint density at radius 3 is 2.43 bits per heavy atom. The van der Waals surface area contributed by atoms with E-state index in [1.165, 1.54) is 0 Å². The summed E-state index contributed by atoms with van der Waals surface area (Å²) in [6.45, 7) is 0. The third-order valence-electron chi connectivity index (χ3n) is 3.08. The number of aryl methyl sites for hydroxylation is 1. The van der Waals surface area contributed by atoms with E-state index in [1.807, 2.05) is 12.1 Å². The molecular formula is C16H17NO4. The van der Waals surface area contributed by atoms with Gasteiger partial charge in [0.15, 0.2) is 11.5 Å². The molecule has 0 aliphatic rings. The summed E-state index contributed by atoms with van der Waals surface area (Å²) in [5.74, 6) is 0.0736. The second-order valence-corrected chi connectivity index (χ2v) is 4.70. The molecule has 0 aliphatic carbocycles. The number of phenols is 1. The molecular weight excluding hydrogens is 270 g/mol. The number of carboxylic acids is 1. The van der Waals surface area contributed by atoms with Crippen LogP contribution < -0.4 is 10.5 Å². The van der Waals surface area contributed by atoms with Crippen LogP contribution in [-0.2, 0) is 11.2 Å². The van der Waals surface area contributed by atoms with Gasteiger partial charge in [0.25, 0.3) is 0 Å². The Balaban J connectivity index is 1.96. The van der Waals surface area contributed by atoms with Crippen LogP contribution >= 0.6 is 0 Å². The van der Waals surface area contributed by atoms with Gasteiger partial charge in [-0.3, -0.25) is 4.79 Å². The first kappa shape index (κ1) is 14.9. The summed E-state index contributed by atoms with van der Waals surface area (Å²) in [6.07, 6.45) is 0.972. The minimum Gasteiger partial charge on any atom is -0.504 e. The fourth-order valence-corrected chi connectivity index (χ4v) is 1.84. The Morgan fingerprint density at radius 2 is 1.81 bits per heavy atom. The minimum atomic E-state index is -0.991. The van der Waals surface area contributed by atoms with Gasteiger partial charge in [0.2, 0.25) is 0 Å². The van der Waals surface area contributed by atoms with E-state index in [-0.39, 0.29) is 5.75 Å². The fraction of sp³-hybridized carbons (Fsp3) is 0.188. The summed E-state index contributed by atoms with van der Waals surface area (Å²) in [6, 6.07) is 13.1. The summed E-state index contributed by atoms with van der Waals surface area (Å²) in [4.78, 5) is 10.6. The van der Waals surface area contributed by atoms with Gasteiger partial charge in [-0.1, -0.05) is 24.3 Å². The van der Waals surface area contributed by atoms with Crippen molar-refractivity contribution in [3.05, 3.63) is 54.1 Å². The molecule has 0 aromatic heterocycles. The van der Waals surface area contributed by atoms with E-state index in [1.54, 1.807) is 36.4 Å². The Morgan fingerprint density at radius 1 is 1.14 bits per heavy atom. The second-order valence-electron chi connectivity index (χ2n) is 4.70. The first-order valence-electron chi connectivity index (χ1n) is 6.59. The lowest BCUT2D eigenvalue weighted by atomic mass is 10.1. The average Bonchev–Trinajstić information content (AvgIpc) is 2.48. The van der Waals surface area contributed by atoms with E-state index in [9.17, 15) is 9.90 Å². The molecule has 0 saturated heterocycles. The Hall–Kier alpha value is -2.53. The minimum absolute atomic E-state index is 0.0778. The number of rotatable bonds is 6. The fourth-order valence-electron chi connectivity index (χ4n) is 1.84. The van der Waals surface area contributed by atoms with Crippen LogP contribution in [0.5, 0.6) is 17.2 Å². The molecule has 1 atom stereocenters. The first-order chi connectivity index (χ1) is 10.1. The number of ether oxygens (including phenoxy) is 1. The second kappa shape index (κ2) is 6.76. The molecule has 0 heterocycles. The van der Waals surface area contributed by atoms with Gasteiger partial charge >= 0.3 is 5.97 Å². The van der Waals surface area contributed by atoms with Gasteiger partial charge in [0, 0.05) is 0 Å². The van der Waals surface area contributed by atoms with Crippen LogP contribution in [0.25, 0.3) is 0 Å². The third kappa shape index (κ3) is 4.22. The van der Waals surface area contributed by atoms with Crippen LogP contribution in [-0.4, -0.2) is 22.2 Å². The smallest absolute Gasteiger partial charge is 0.320 e. The van der Waals surface area contributed by atoms with Crippen LogP contribution in [0.2, 0.25) is 0 Å². The maximum atomic E-state index is 10.6. The zero-order valence-corrected chi connectivity index (χ0v) is 11.4. The van der Waals surface area contributed by atoms with Gasteiger partial charge in [0.1, 0.15) is 11.8 Å². The highest BCUT2D eigenvalue weighted by atomic mass is 16.5. The molecule has 0 spiro atoms. The van der Waals surface area contributed by atoms with E-state index >= 15 is 0 Å². The highest BCUT2D eigenvalue weighted by Gasteiger charge is 2.11. The van der Waals surface area contributed by atoms with Crippen molar-refractivity contribution in [1.82, 2.24) is 0 Å². The normalized spacial score (nSPS) is 11.9. The number of phenolic OH excluding ortho intramolecular Hbond substituents is 1. The number of para-hydroxylation sites is 2. The van der Waals surface area contributed by atoms with Gasteiger partial charge in [-0.15, -0.1) is 0 Å². The van der Waals surface area contributed by atoms with Crippen molar-refractivity contribution < 1.29 is 19.7 Å². The van der Waals surface area contributed by atoms with Gasteiger partial charge in [-0.25, -0.2) is 0 Å². The predicted octanol–water partition coefficient (Wildman–Crippen LogP) is 2.53. The molecule has 2 aromatic rings. The van der Waals surface area contributed by atoms with E-state index < -0.39 is 12.0 Å². The molecule has 5 heteroatoms. The number of hydrogen-bond donors (Lipinski definition) is 3. The molecule has 110 valence electrons. The van der Waals surface area contributed by atoms with Crippen LogP contribution in [0, 0.1) is 0 Å². The molecule has 0 aliphatic heterocycles. The van der Waals surface area contributed by atoms with Crippen molar-refractivity contribution in [2.24, 2.45) is 5.73 Å². The summed E-state index contributed by atoms with van der Waals surface area (Å²) < 4.78 is 5.56. The Bertz CT molecular complexity index is 610. The monoisotopic (exact) mass is 287 g/mol. The van der Waals surface area contributed by atoms with Crippen molar-refractivity contribution in [1.29, 1.82) is 0 Å². The first-order valence-corrected chi connectivity index (χ1v) is 6.59. The molecule has 4 N–H and O–H groups in total. The van der Waals surface area contributed by atoms with Crippen molar-refractivity contribution in [3.8, 4) is 17.2 Å². The van der Waals surface area contributed by atoms with Crippen LogP contribution in [0.4, 0.5) is 0 Å². The molecule has 0 bridgehead atoms.